The topological polar surface area (TPSA) is 44.1 Å². The van der Waals surface area contributed by atoms with Gasteiger partial charge in [0, 0.05) is 30.8 Å². The summed E-state index contributed by atoms with van der Waals surface area (Å²) < 4.78 is 6.92. The second-order valence-corrected chi connectivity index (χ2v) is 3.75. The first kappa shape index (κ1) is 9.40. The van der Waals surface area contributed by atoms with E-state index in [0.717, 1.165) is 31.9 Å². The standard InChI is InChI=1S/C10H14N2O2/c1-8-4-10(13)12(7-11-8)5-9-2-3-14-6-9/h4,7,9H,2-3,5-6H2,1H3. The smallest absolute Gasteiger partial charge is 0.253 e. The van der Waals surface area contributed by atoms with E-state index >= 15 is 0 Å². The average molecular weight is 194 g/mol. The Hall–Kier alpha value is -1.16. The summed E-state index contributed by atoms with van der Waals surface area (Å²) in [5, 5.41) is 0. The van der Waals surface area contributed by atoms with E-state index in [1.807, 2.05) is 6.92 Å². The van der Waals surface area contributed by atoms with Crippen molar-refractivity contribution in [3.05, 3.63) is 28.4 Å². The zero-order valence-corrected chi connectivity index (χ0v) is 8.27. The monoisotopic (exact) mass is 194 g/mol. The van der Waals surface area contributed by atoms with E-state index in [4.69, 9.17) is 4.74 Å². The van der Waals surface area contributed by atoms with Crippen molar-refractivity contribution in [1.29, 1.82) is 0 Å². The van der Waals surface area contributed by atoms with Crippen molar-refractivity contribution < 1.29 is 4.74 Å². The van der Waals surface area contributed by atoms with Gasteiger partial charge in [-0.25, -0.2) is 4.98 Å². The van der Waals surface area contributed by atoms with Crippen molar-refractivity contribution in [3.63, 3.8) is 0 Å². The Morgan fingerprint density at radius 1 is 1.71 bits per heavy atom. The van der Waals surface area contributed by atoms with Crippen molar-refractivity contribution in [2.75, 3.05) is 13.2 Å². The molecule has 0 radical (unpaired) electrons. The average Bonchev–Trinajstić information content (AvgIpc) is 2.62. The summed E-state index contributed by atoms with van der Waals surface area (Å²) in [6, 6.07) is 1.57. The van der Waals surface area contributed by atoms with Gasteiger partial charge in [-0.15, -0.1) is 0 Å². The minimum absolute atomic E-state index is 0.0319. The molecule has 1 aromatic heterocycles. The van der Waals surface area contributed by atoms with Crippen LogP contribution in [0.4, 0.5) is 0 Å². The van der Waals surface area contributed by atoms with Gasteiger partial charge in [0.15, 0.2) is 0 Å². The van der Waals surface area contributed by atoms with E-state index in [2.05, 4.69) is 4.98 Å². The van der Waals surface area contributed by atoms with Crippen LogP contribution in [0.15, 0.2) is 17.2 Å². The summed E-state index contributed by atoms with van der Waals surface area (Å²) in [4.78, 5) is 15.6. The minimum Gasteiger partial charge on any atom is -0.381 e. The fourth-order valence-corrected chi connectivity index (χ4v) is 1.66. The first-order chi connectivity index (χ1) is 6.75. The summed E-state index contributed by atoms with van der Waals surface area (Å²) in [5.74, 6) is 0.470. The third-order valence-corrected chi connectivity index (χ3v) is 2.50. The highest BCUT2D eigenvalue weighted by molar-refractivity contribution is 4.96. The van der Waals surface area contributed by atoms with Crippen LogP contribution in [0.1, 0.15) is 12.1 Å². The number of ether oxygens (including phenoxy) is 1. The zero-order valence-electron chi connectivity index (χ0n) is 8.27. The van der Waals surface area contributed by atoms with Gasteiger partial charge in [0.25, 0.3) is 5.56 Å². The Morgan fingerprint density at radius 2 is 2.57 bits per heavy atom. The molecule has 1 saturated heterocycles. The van der Waals surface area contributed by atoms with Crippen molar-refractivity contribution in [2.24, 2.45) is 5.92 Å². The van der Waals surface area contributed by atoms with Crippen LogP contribution in [0.2, 0.25) is 0 Å². The molecular weight excluding hydrogens is 180 g/mol. The van der Waals surface area contributed by atoms with E-state index in [1.54, 1.807) is 17.0 Å². The second-order valence-electron chi connectivity index (χ2n) is 3.75. The first-order valence-corrected chi connectivity index (χ1v) is 4.86. The maximum atomic E-state index is 11.5. The molecule has 0 bridgehead atoms. The molecule has 0 N–H and O–H groups in total. The largest absolute Gasteiger partial charge is 0.381 e. The van der Waals surface area contributed by atoms with Crippen LogP contribution >= 0.6 is 0 Å². The normalized spacial score (nSPS) is 21.4. The van der Waals surface area contributed by atoms with Crippen LogP contribution in [0, 0.1) is 12.8 Å². The van der Waals surface area contributed by atoms with E-state index in [1.165, 1.54) is 0 Å². The molecule has 1 aliphatic rings. The molecule has 76 valence electrons. The van der Waals surface area contributed by atoms with Gasteiger partial charge in [-0.1, -0.05) is 0 Å². The van der Waals surface area contributed by atoms with Crippen LogP contribution in [-0.4, -0.2) is 22.8 Å². The Labute approximate surface area is 82.5 Å². The molecule has 4 nitrogen and oxygen atoms in total. The van der Waals surface area contributed by atoms with Crippen molar-refractivity contribution >= 4 is 0 Å². The molecule has 0 amide bonds. The number of aromatic nitrogens is 2. The lowest BCUT2D eigenvalue weighted by atomic mass is 10.1. The molecule has 14 heavy (non-hydrogen) atoms. The predicted octanol–water partition coefficient (Wildman–Crippen LogP) is 0.588. The Bertz CT molecular complexity index is 367. The number of hydrogen-bond acceptors (Lipinski definition) is 3. The Morgan fingerprint density at radius 3 is 3.21 bits per heavy atom. The van der Waals surface area contributed by atoms with Crippen LogP contribution in [0.5, 0.6) is 0 Å². The van der Waals surface area contributed by atoms with Gasteiger partial charge in [-0.3, -0.25) is 9.36 Å². The lowest BCUT2D eigenvalue weighted by Gasteiger charge is -2.09. The fourth-order valence-electron chi connectivity index (χ4n) is 1.66. The van der Waals surface area contributed by atoms with Crippen LogP contribution in [0.25, 0.3) is 0 Å². The third kappa shape index (κ3) is 2.01. The molecule has 0 spiro atoms. The van der Waals surface area contributed by atoms with Crippen LogP contribution < -0.4 is 5.56 Å². The van der Waals surface area contributed by atoms with Crippen molar-refractivity contribution in [2.45, 2.75) is 19.9 Å². The molecule has 1 aromatic rings. The molecule has 1 atom stereocenters. The maximum absolute atomic E-state index is 11.5. The number of nitrogens with zero attached hydrogens (tertiary/aromatic N) is 2. The van der Waals surface area contributed by atoms with Gasteiger partial charge < -0.3 is 4.74 Å². The molecule has 0 saturated carbocycles. The SMILES string of the molecule is Cc1cc(=O)n(CC2CCOC2)cn1. The molecule has 1 fully saturated rings. The van der Waals surface area contributed by atoms with E-state index in [9.17, 15) is 4.79 Å². The van der Waals surface area contributed by atoms with Crippen LogP contribution in [-0.2, 0) is 11.3 Å². The molecule has 0 aromatic carbocycles. The Balaban J connectivity index is 2.12. The lowest BCUT2D eigenvalue weighted by molar-refractivity contribution is 0.182. The first-order valence-electron chi connectivity index (χ1n) is 4.86. The highest BCUT2D eigenvalue weighted by Gasteiger charge is 2.16. The quantitative estimate of drug-likeness (QED) is 0.692. The summed E-state index contributed by atoms with van der Waals surface area (Å²) in [7, 11) is 0. The lowest BCUT2D eigenvalue weighted by Crippen LogP contribution is -2.24. The summed E-state index contributed by atoms with van der Waals surface area (Å²) >= 11 is 0. The van der Waals surface area contributed by atoms with Gasteiger partial charge in [0.1, 0.15) is 0 Å². The molecule has 4 heteroatoms. The molecule has 0 aliphatic carbocycles. The van der Waals surface area contributed by atoms with E-state index in [-0.39, 0.29) is 5.56 Å². The minimum atomic E-state index is 0.0319. The van der Waals surface area contributed by atoms with Gasteiger partial charge in [-0.05, 0) is 13.3 Å². The summed E-state index contributed by atoms with van der Waals surface area (Å²) in [6.07, 6.45) is 2.66. The number of rotatable bonds is 2. The summed E-state index contributed by atoms with van der Waals surface area (Å²) in [6.45, 7) is 4.13. The van der Waals surface area contributed by atoms with Crippen molar-refractivity contribution in [1.82, 2.24) is 9.55 Å². The van der Waals surface area contributed by atoms with Gasteiger partial charge >= 0.3 is 0 Å². The summed E-state index contributed by atoms with van der Waals surface area (Å²) in [5.41, 5.74) is 0.804. The molecule has 2 rings (SSSR count). The van der Waals surface area contributed by atoms with E-state index < -0.39 is 0 Å². The fraction of sp³-hybridized carbons (Fsp3) is 0.600. The molecule has 2 heterocycles. The number of aryl methyl sites for hydroxylation is 1. The number of hydrogen-bond donors (Lipinski definition) is 0. The molecule has 1 aliphatic heterocycles. The van der Waals surface area contributed by atoms with Gasteiger partial charge in [0.05, 0.1) is 12.9 Å². The maximum Gasteiger partial charge on any atom is 0.253 e. The predicted molar refractivity (Wildman–Crippen MR) is 52.2 cm³/mol. The zero-order chi connectivity index (χ0) is 9.97. The highest BCUT2D eigenvalue weighted by atomic mass is 16.5. The molecular formula is C10H14N2O2. The van der Waals surface area contributed by atoms with Crippen molar-refractivity contribution in [3.8, 4) is 0 Å². The highest BCUT2D eigenvalue weighted by Crippen LogP contribution is 2.13. The van der Waals surface area contributed by atoms with Crippen LogP contribution in [0.3, 0.4) is 0 Å². The third-order valence-electron chi connectivity index (χ3n) is 2.50. The van der Waals surface area contributed by atoms with Gasteiger partial charge in [0.2, 0.25) is 0 Å². The van der Waals surface area contributed by atoms with E-state index in [0.29, 0.717) is 5.92 Å². The van der Waals surface area contributed by atoms with Gasteiger partial charge in [-0.2, -0.15) is 0 Å². The Kier molecular flexibility index (Phi) is 2.63. The molecule has 1 unspecified atom stereocenters. The second kappa shape index (κ2) is 3.92.